The Hall–Kier alpha value is -3.62. The third kappa shape index (κ3) is 4.80. The standard InChI is InChI=1S/C27H23NO5S2/c1-17-13-21(18(2)28(17)19-7-8-24-25(14-19)32-10-9-31-24)23(29)16-33-27(30)22(26-6-4-12-35-26)15-20-5-3-11-34-20/h3-8,11-15H,9-10,16H2,1-2H3. The summed E-state index contributed by atoms with van der Waals surface area (Å²) in [5.74, 6) is 0.622. The molecule has 0 radical (unpaired) electrons. The molecule has 0 aliphatic carbocycles. The largest absolute Gasteiger partial charge is 0.486 e. The fraction of sp³-hybridized carbons (Fsp3) is 0.185. The lowest BCUT2D eigenvalue weighted by Gasteiger charge is -2.20. The second-order valence-corrected chi connectivity index (χ2v) is 9.93. The second kappa shape index (κ2) is 9.93. The third-order valence-corrected chi connectivity index (χ3v) is 7.41. The average Bonchev–Trinajstić information content (AvgIpc) is 3.63. The first-order chi connectivity index (χ1) is 17.0. The zero-order valence-electron chi connectivity index (χ0n) is 19.3. The van der Waals surface area contributed by atoms with Crippen LogP contribution in [0.4, 0.5) is 0 Å². The molecule has 0 atom stereocenters. The average molecular weight is 506 g/mol. The topological polar surface area (TPSA) is 66.8 Å². The van der Waals surface area contributed by atoms with Gasteiger partial charge in [0.1, 0.15) is 13.2 Å². The van der Waals surface area contributed by atoms with Gasteiger partial charge < -0.3 is 18.8 Å². The molecule has 5 rings (SSSR count). The van der Waals surface area contributed by atoms with Crippen LogP contribution in [0.15, 0.2) is 59.3 Å². The second-order valence-electron chi connectivity index (χ2n) is 8.00. The summed E-state index contributed by atoms with van der Waals surface area (Å²) in [6, 6.07) is 15.2. The van der Waals surface area contributed by atoms with Gasteiger partial charge in [-0.15, -0.1) is 22.7 Å². The molecule has 4 heterocycles. The quantitative estimate of drug-likeness (QED) is 0.176. The van der Waals surface area contributed by atoms with Crippen molar-refractivity contribution in [3.63, 3.8) is 0 Å². The van der Waals surface area contributed by atoms with E-state index in [1.54, 1.807) is 6.08 Å². The summed E-state index contributed by atoms with van der Waals surface area (Å²) in [5.41, 5.74) is 3.50. The Bertz CT molecular complexity index is 1400. The molecule has 178 valence electrons. The Balaban J connectivity index is 1.35. The highest BCUT2D eigenvalue weighted by molar-refractivity contribution is 7.12. The molecular formula is C27H23NO5S2. The summed E-state index contributed by atoms with van der Waals surface area (Å²) in [7, 11) is 0. The van der Waals surface area contributed by atoms with Gasteiger partial charge in [-0.3, -0.25) is 4.79 Å². The molecule has 3 aromatic heterocycles. The predicted octanol–water partition coefficient (Wildman–Crippen LogP) is 5.96. The first-order valence-corrected chi connectivity index (χ1v) is 12.9. The van der Waals surface area contributed by atoms with E-state index in [1.807, 2.05) is 77.7 Å². The normalized spacial score (nSPS) is 13.0. The van der Waals surface area contributed by atoms with E-state index in [-0.39, 0.29) is 12.4 Å². The van der Waals surface area contributed by atoms with Crippen LogP contribution < -0.4 is 9.47 Å². The molecule has 0 unspecified atom stereocenters. The molecule has 1 aromatic carbocycles. The molecule has 4 aromatic rings. The lowest BCUT2D eigenvalue weighted by molar-refractivity contribution is -0.135. The number of aromatic nitrogens is 1. The predicted molar refractivity (Wildman–Crippen MR) is 138 cm³/mol. The van der Waals surface area contributed by atoms with Crippen molar-refractivity contribution in [2.24, 2.45) is 0 Å². The number of esters is 1. The third-order valence-electron chi connectivity index (χ3n) is 5.69. The maximum atomic E-state index is 13.1. The van der Waals surface area contributed by atoms with Crippen molar-refractivity contribution in [3.05, 3.63) is 86.0 Å². The highest BCUT2D eigenvalue weighted by atomic mass is 32.1. The van der Waals surface area contributed by atoms with Gasteiger partial charge in [0.15, 0.2) is 18.1 Å². The SMILES string of the molecule is Cc1cc(C(=O)COC(=O)C(=Cc2cccs2)c2cccs2)c(C)n1-c1ccc2c(c1)OCCO2. The number of benzene rings is 1. The van der Waals surface area contributed by atoms with Gasteiger partial charge in [-0.2, -0.15) is 0 Å². The minimum Gasteiger partial charge on any atom is -0.486 e. The first kappa shape index (κ1) is 23.1. The summed E-state index contributed by atoms with van der Waals surface area (Å²) < 4.78 is 18.8. The number of hydrogen-bond donors (Lipinski definition) is 0. The van der Waals surface area contributed by atoms with Gasteiger partial charge in [-0.25, -0.2) is 4.79 Å². The van der Waals surface area contributed by atoms with E-state index in [4.69, 9.17) is 14.2 Å². The van der Waals surface area contributed by atoms with Gasteiger partial charge in [-0.05, 0) is 61.0 Å². The zero-order chi connectivity index (χ0) is 24.4. The van der Waals surface area contributed by atoms with Crippen LogP contribution in [0.1, 0.15) is 31.5 Å². The molecule has 35 heavy (non-hydrogen) atoms. The highest BCUT2D eigenvalue weighted by Gasteiger charge is 2.22. The van der Waals surface area contributed by atoms with Crippen molar-refractivity contribution in [1.82, 2.24) is 4.57 Å². The molecule has 8 heteroatoms. The summed E-state index contributed by atoms with van der Waals surface area (Å²) in [6.45, 7) is 4.51. The molecule has 0 fully saturated rings. The minimum absolute atomic E-state index is 0.253. The first-order valence-electron chi connectivity index (χ1n) is 11.1. The number of rotatable bonds is 7. The maximum absolute atomic E-state index is 13.1. The van der Waals surface area contributed by atoms with Gasteiger partial charge >= 0.3 is 5.97 Å². The van der Waals surface area contributed by atoms with Crippen LogP contribution >= 0.6 is 22.7 Å². The van der Waals surface area contributed by atoms with Crippen molar-refractivity contribution < 1.29 is 23.8 Å². The Labute approximate surface area is 211 Å². The number of aryl methyl sites for hydroxylation is 1. The van der Waals surface area contributed by atoms with E-state index in [0.717, 1.165) is 26.8 Å². The number of Topliss-reactive ketones (excluding diaryl/α,β-unsaturated/α-hetero) is 1. The molecule has 0 spiro atoms. The van der Waals surface area contributed by atoms with E-state index in [1.165, 1.54) is 22.7 Å². The molecule has 0 saturated carbocycles. The summed E-state index contributed by atoms with van der Waals surface area (Å²) >= 11 is 2.99. The van der Waals surface area contributed by atoms with Gasteiger partial charge in [0, 0.05) is 38.5 Å². The van der Waals surface area contributed by atoms with Crippen molar-refractivity contribution in [1.29, 1.82) is 0 Å². The van der Waals surface area contributed by atoms with Crippen LogP contribution in [0, 0.1) is 13.8 Å². The summed E-state index contributed by atoms with van der Waals surface area (Å²) in [4.78, 5) is 27.8. The molecule has 0 saturated heterocycles. The molecule has 1 aliphatic rings. The number of carbonyl (C=O) groups excluding carboxylic acids is 2. The fourth-order valence-corrected chi connectivity index (χ4v) is 5.47. The van der Waals surface area contributed by atoms with Crippen LogP contribution in [0.3, 0.4) is 0 Å². The molecule has 0 amide bonds. The molecule has 1 aliphatic heterocycles. The van der Waals surface area contributed by atoms with Gasteiger partial charge in [-0.1, -0.05) is 12.1 Å². The van der Waals surface area contributed by atoms with Crippen molar-refractivity contribution in [2.45, 2.75) is 13.8 Å². The smallest absolute Gasteiger partial charge is 0.340 e. The minimum atomic E-state index is -0.519. The Morgan fingerprint density at radius 1 is 1.00 bits per heavy atom. The molecule has 0 bridgehead atoms. The van der Waals surface area contributed by atoms with E-state index in [2.05, 4.69) is 0 Å². The zero-order valence-corrected chi connectivity index (χ0v) is 20.9. The van der Waals surface area contributed by atoms with Crippen LogP contribution in [-0.2, 0) is 9.53 Å². The number of thiophene rings is 2. The fourth-order valence-electron chi connectivity index (χ4n) is 4.08. The number of ether oxygens (including phenoxy) is 3. The Kier molecular flexibility index (Phi) is 6.57. The molecular weight excluding hydrogens is 482 g/mol. The number of fused-ring (bicyclic) bond motifs is 1. The molecule has 0 N–H and O–H groups in total. The van der Waals surface area contributed by atoms with E-state index in [9.17, 15) is 9.59 Å². The summed E-state index contributed by atoms with van der Waals surface area (Å²) in [6.07, 6.45) is 1.80. The summed E-state index contributed by atoms with van der Waals surface area (Å²) in [5, 5.41) is 3.85. The monoisotopic (exact) mass is 505 g/mol. The highest BCUT2D eigenvalue weighted by Crippen LogP contribution is 2.33. The van der Waals surface area contributed by atoms with E-state index < -0.39 is 5.97 Å². The van der Waals surface area contributed by atoms with Crippen molar-refractivity contribution >= 4 is 46.1 Å². The van der Waals surface area contributed by atoms with Gasteiger partial charge in [0.05, 0.1) is 5.57 Å². The van der Waals surface area contributed by atoms with Gasteiger partial charge in [0.25, 0.3) is 0 Å². The maximum Gasteiger partial charge on any atom is 0.340 e. The number of nitrogens with zero attached hydrogens (tertiary/aromatic N) is 1. The van der Waals surface area contributed by atoms with Crippen LogP contribution in [0.25, 0.3) is 17.3 Å². The van der Waals surface area contributed by atoms with Crippen molar-refractivity contribution in [3.8, 4) is 17.2 Å². The van der Waals surface area contributed by atoms with E-state index >= 15 is 0 Å². The number of ketones is 1. The number of hydrogen-bond acceptors (Lipinski definition) is 7. The van der Waals surface area contributed by atoms with E-state index in [0.29, 0.717) is 35.8 Å². The number of carbonyl (C=O) groups is 2. The lowest BCUT2D eigenvalue weighted by Crippen LogP contribution is -2.16. The van der Waals surface area contributed by atoms with Gasteiger partial charge in [0.2, 0.25) is 5.78 Å². The van der Waals surface area contributed by atoms with Crippen LogP contribution in [0.2, 0.25) is 0 Å². The Morgan fingerprint density at radius 3 is 2.51 bits per heavy atom. The van der Waals surface area contributed by atoms with Crippen LogP contribution in [-0.4, -0.2) is 36.1 Å². The lowest BCUT2D eigenvalue weighted by atomic mass is 10.1. The van der Waals surface area contributed by atoms with Crippen LogP contribution in [0.5, 0.6) is 11.5 Å². The Morgan fingerprint density at radius 2 is 1.77 bits per heavy atom. The molecule has 6 nitrogen and oxygen atoms in total. The van der Waals surface area contributed by atoms with Crippen molar-refractivity contribution in [2.75, 3.05) is 19.8 Å².